The van der Waals surface area contributed by atoms with Gasteiger partial charge in [-0.2, -0.15) is 0 Å². The molecule has 0 spiro atoms. The molecule has 1 atom stereocenters. The second-order valence-corrected chi connectivity index (χ2v) is 18.2. The van der Waals surface area contributed by atoms with Crippen molar-refractivity contribution >= 4 is 24.8 Å². The van der Waals surface area contributed by atoms with Crippen molar-refractivity contribution in [2.24, 2.45) is 11.8 Å². The largest absolute Gasteiger partial charge is 1.00 e. The third-order valence-electron chi connectivity index (χ3n) is 7.90. The van der Waals surface area contributed by atoms with Crippen molar-refractivity contribution < 1.29 is 46.1 Å². The third kappa shape index (κ3) is 5.08. The molecule has 2 aliphatic rings. The van der Waals surface area contributed by atoms with Crippen LogP contribution in [0.4, 0.5) is 0 Å². The van der Waals surface area contributed by atoms with E-state index in [4.69, 9.17) is 0 Å². The number of allylic oxidation sites excluding steroid dienone is 4. The van der Waals surface area contributed by atoms with Crippen LogP contribution in [0, 0.1) is 11.8 Å². The molecule has 0 aliphatic heterocycles. The van der Waals surface area contributed by atoms with Crippen LogP contribution < -0.4 is 24.8 Å². The normalized spacial score (nSPS) is 15.1. The molecule has 6 rings (SSSR count). The summed E-state index contributed by atoms with van der Waals surface area (Å²) in [5, 5.41) is 5.71. The van der Waals surface area contributed by atoms with Crippen LogP contribution in [0.3, 0.4) is 0 Å². The van der Waals surface area contributed by atoms with E-state index < -0.39 is 21.3 Å². The third-order valence-corrected chi connectivity index (χ3v) is 16.3. The van der Waals surface area contributed by atoms with Gasteiger partial charge in [-0.15, -0.1) is 0 Å². The summed E-state index contributed by atoms with van der Waals surface area (Å²) >= 11 is -2.32. The Morgan fingerprint density at radius 2 is 1.29 bits per heavy atom. The van der Waals surface area contributed by atoms with Gasteiger partial charge < -0.3 is 24.8 Å². The Hall–Kier alpha value is -1.79. The van der Waals surface area contributed by atoms with Crippen LogP contribution in [-0.4, -0.2) is 3.21 Å². The standard InChI is InChI=1S/C21H13.C9H18.C5H5.2ClH.Zr/c1-2-8-15-14(7-1)13-20-18-11-4-3-9-16(18)17-10-5-6-12-19(17)21(15)20;1-8(2)6-5-7-9(3)4;1-2-4-5-3-1;;;/h1-13H;8-9H,6-7H2,1-4H3;1-3H,4H2;2*1H;/q;;;;;+2/p-2. The van der Waals surface area contributed by atoms with Gasteiger partial charge in [0.2, 0.25) is 0 Å². The minimum Gasteiger partial charge on any atom is -1.00 e. The van der Waals surface area contributed by atoms with Gasteiger partial charge in [-0.3, -0.25) is 0 Å². The van der Waals surface area contributed by atoms with Gasteiger partial charge >= 0.3 is 225 Å². The fourth-order valence-electron chi connectivity index (χ4n) is 6.74. The summed E-state index contributed by atoms with van der Waals surface area (Å²) in [5.74, 6) is 1.41. The summed E-state index contributed by atoms with van der Waals surface area (Å²) in [7, 11) is 0. The summed E-state index contributed by atoms with van der Waals surface area (Å²) in [5.41, 5.74) is 6.24. The van der Waals surface area contributed by atoms with Crippen molar-refractivity contribution in [2.45, 2.75) is 50.6 Å². The van der Waals surface area contributed by atoms with Crippen LogP contribution in [-0.2, 0) is 21.3 Å². The van der Waals surface area contributed by atoms with E-state index in [2.05, 4.69) is 119 Å². The zero-order valence-electron chi connectivity index (χ0n) is 22.8. The number of rotatable bonds is 6. The van der Waals surface area contributed by atoms with Crippen LogP contribution in [0.2, 0.25) is 0 Å². The Morgan fingerprint density at radius 1 is 0.737 bits per heavy atom. The van der Waals surface area contributed by atoms with E-state index in [0.29, 0.717) is 15.5 Å². The van der Waals surface area contributed by atoms with E-state index in [0.717, 1.165) is 6.42 Å². The molecule has 4 aromatic rings. The van der Waals surface area contributed by atoms with Gasteiger partial charge in [0, 0.05) is 0 Å². The SMILES string of the molecule is CC(C)C[C](CC(C)C)=[Zr+2]([C]1=CC=CC1)[CH]1c2ccccc2-c2c1c1ccccc1c1ccccc21.[Cl-].[Cl-]. The summed E-state index contributed by atoms with van der Waals surface area (Å²) in [6, 6.07) is 27.8. The molecule has 0 aromatic heterocycles. The van der Waals surface area contributed by atoms with Crippen LogP contribution in [0.5, 0.6) is 0 Å². The van der Waals surface area contributed by atoms with Gasteiger partial charge in [0.1, 0.15) is 0 Å². The second-order valence-electron chi connectivity index (χ2n) is 11.4. The minimum atomic E-state index is -2.32. The van der Waals surface area contributed by atoms with Crippen molar-refractivity contribution in [3.8, 4) is 11.1 Å². The maximum absolute atomic E-state index is 2.51. The summed E-state index contributed by atoms with van der Waals surface area (Å²) < 4.78 is 4.27. The van der Waals surface area contributed by atoms with Crippen molar-refractivity contribution in [3.63, 3.8) is 0 Å². The van der Waals surface area contributed by atoms with Gasteiger partial charge in [-0.05, 0) is 0 Å². The van der Waals surface area contributed by atoms with Crippen molar-refractivity contribution in [1.82, 2.24) is 0 Å². The van der Waals surface area contributed by atoms with Gasteiger partial charge in [0.25, 0.3) is 0 Å². The summed E-state index contributed by atoms with van der Waals surface area (Å²) in [4.78, 5) is 0. The zero-order chi connectivity index (χ0) is 24.8. The van der Waals surface area contributed by atoms with E-state index in [1.54, 1.807) is 14.4 Å². The molecule has 0 heterocycles. The topological polar surface area (TPSA) is 0 Å². The molecule has 2 aliphatic carbocycles. The molecule has 0 fully saturated rings. The first kappa shape index (κ1) is 29.2. The van der Waals surface area contributed by atoms with Crippen molar-refractivity contribution in [1.29, 1.82) is 0 Å². The predicted octanol–water partition coefficient (Wildman–Crippen LogP) is 3.80. The summed E-state index contributed by atoms with van der Waals surface area (Å²) in [6.07, 6.45) is 11.0. The van der Waals surface area contributed by atoms with Gasteiger partial charge in [-0.1, -0.05) is 0 Å². The van der Waals surface area contributed by atoms with E-state index in [1.807, 2.05) is 3.21 Å². The van der Waals surface area contributed by atoms with E-state index >= 15 is 0 Å². The molecule has 0 saturated heterocycles. The van der Waals surface area contributed by atoms with Crippen molar-refractivity contribution in [3.05, 3.63) is 105 Å². The predicted molar refractivity (Wildman–Crippen MR) is 154 cm³/mol. The Labute approximate surface area is 248 Å². The van der Waals surface area contributed by atoms with E-state index in [-0.39, 0.29) is 24.8 Å². The van der Waals surface area contributed by atoms with E-state index in [9.17, 15) is 0 Å². The van der Waals surface area contributed by atoms with Gasteiger partial charge in [0.15, 0.2) is 0 Å². The molecule has 3 heteroatoms. The number of fused-ring (bicyclic) bond motifs is 8. The molecule has 194 valence electrons. The van der Waals surface area contributed by atoms with Gasteiger partial charge in [0.05, 0.1) is 0 Å². The molecule has 0 N–H and O–H groups in total. The molecular weight excluding hydrogens is 583 g/mol. The average molecular weight is 619 g/mol. The van der Waals surface area contributed by atoms with Crippen LogP contribution >= 0.6 is 0 Å². The number of halogens is 2. The summed E-state index contributed by atoms with van der Waals surface area (Å²) in [6.45, 7) is 9.67. The number of benzene rings is 4. The molecule has 0 amide bonds. The van der Waals surface area contributed by atoms with Crippen LogP contribution in [0.15, 0.2) is 94.3 Å². The molecule has 0 bridgehead atoms. The Balaban J connectivity index is 0.00000168. The average Bonchev–Trinajstić information content (AvgIpc) is 3.51. The first-order valence-corrected chi connectivity index (χ1v) is 17.5. The Morgan fingerprint density at radius 3 is 1.89 bits per heavy atom. The first-order chi connectivity index (χ1) is 17.5. The minimum absolute atomic E-state index is 0. The number of hydrogen-bond donors (Lipinski definition) is 0. The second kappa shape index (κ2) is 12.2. The fourth-order valence-corrected chi connectivity index (χ4v) is 17.2. The molecule has 0 saturated carbocycles. The van der Waals surface area contributed by atoms with E-state index in [1.165, 1.54) is 45.5 Å². The molecule has 1 unspecified atom stereocenters. The van der Waals surface area contributed by atoms with Gasteiger partial charge in [-0.25, -0.2) is 0 Å². The molecule has 4 aromatic carbocycles. The van der Waals surface area contributed by atoms with Crippen LogP contribution in [0.25, 0.3) is 32.7 Å². The molecule has 38 heavy (non-hydrogen) atoms. The monoisotopic (exact) mass is 616 g/mol. The zero-order valence-corrected chi connectivity index (χ0v) is 26.7. The van der Waals surface area contributed by atoms with Crippen molar-refractivity contribution in [2.75, 3.05) is 0 Å². The Kier molecular flexibility index (Phi) is 9.35. The maximum Gasteiger partial charge on any atom is -1.00 e. The quantitative estimate of drug-likeness (QED) is 0.289. The molecular formula is C35H36Cl2Zr. The number of hydrogen-bond acceptors (Lipinski definition) is 0. The van der Waals surface area contributed by atoms with Crippen LogP contribution in [0.1, 0.15) is 61.7 Å². The maximum atomic E-state index is 2.51. The Bertz CT molecular complexity index is 1560. The molecule has 0 nitrogen and oxygen atoms in total. The smallest absolute Gasteiger partial charge is 1.00 e. The molecule has 0 radical (unpaired) electrons. The first-order valence-electron chi connectivity index (χ1n) is 13.6. The fraction of sp³-hybridized carbons (Fsp3) is 0.286.